The number of carbonyl (C=O) groups is 1. The molecule has 0 amide bonds. The van der Waals surface area contributed by atoms with Crippen LogP contribution in [0.3, 0.4) is 0 Å². The number of hydrogen-bond acceptors (Lipinski definition) is 6. The number of aliphatic carboxylic acids is 1. The lowest BCUT2D eigenvalue weighted by Gasteiger charge is -2.42. The summed E-state index contributed by atoms with van der Waals surface area (Å²) in [4.78, 5) is 12.2. The number of ether oxygens (including phenoxy) is 2. The topological polar surface area (TPSA) is 99.5 Å². The number of benzene rings is 3. The summed E-state index contributed by atoms with van der Waals surface area (Å²) < 4.78 is 36.1. The number of aryl methyl sites for hydroxylation is 1. The normalized spacial score (nSPS) is 18.7. The average molecular weight is 526 g/mol. The molecule has 37 heavy (non-hydrogen) atoms. The molecule has 1 aliphatic rings. The monoisotopic (exact) mass is 525 g/mol. The number of carboxylic acids is 1. The van der Waals surface area contributed by atoms with Gasteiger partial charge in [0.1, 0.15) is 22.5 Å². The van der Waals surface area contributed by atoms with Crippen molar-refractivity contribution in [3.63, 3.8) is 0 Å². The molecule has 0 aromatic heterocycles. The number of hydrogen-bond donors (Lipinski definition) is 3. The predicted molar refractivity (Wildman–Crippen MR) is 146 cm³/mol. The van der Waals surface area contributed by atoms with Crippen LogP contribution in [-0.4, -0.2) is 44.2 Å². The highest BCUT2D eigenvalue weighted by Crippen LogP contribution is 2.57. The molecule has 1 heterocycles. The van der Waals surface area contributed by atoms with Gasteiger partial charge in [-0.1, -0.05) is 56.3 Å². The van der Waals surface area contributed by atoms with Gasteiger partial charge in [-0.3, -0.25) is 13.9 Å². The van der Waals surface area contributed by atoms with Gasteiger partial charge in [0.05, 0.1) is 20.1 Å². The maximum absolute atomic E-state index is 11.8. The van der Waals surface area contributed by atoms with Crippen LogP contribution in [0.25, 0.3) is 0 Å². The Balaban J connectivity index is 1.75. The molecule has 3 aromatic carbocycles. The molecular formula is C29H35NO6S. The van der Waals surface area contributed by atoms with Gasteiger partial charge in [-0.2, -0.15) is 4.31 Å². The largest absolute Gasteiger partial charge is 0.497 e. The molecule has 0 saturated carbocycles. The highest BCUT2D eigenvalue weighted by Gasteiger charge is 2.35. The van der Waals surface area contributed by atoms with E-state index in [0.717, 1.165) is 35.1 Å². The van der Waals surface area contributed by atoms with E-state index in [1.807, 2.05) is 55.5 Å². The number of nitrogens with zero attached hydrogens (tertiary/aromatic N) is 1. The molecule has 2 unspecified atom stereocenters. The number of para-hydroxylation sites is 1. The lowest BCUT2D eigenvalue weighted by Crippen LogP contribution is -2.34. The van der Waals surface area contributed by atoms with Crippen molar-refractivity contribution >= 4 is 16.7 Å². The highest BCUT2D eigenvalue weighted by molar-refractivity contribution is 8.22. The molecule has 7 nitrogen and oxygen atoms in total. The summed E-state index contributed by atoms with van der Waals surface area (Å²) in [6.07, 6.45) is 1.21. The molecule has 0 aliphatic carbocycles. The first-order valence-electron chi connectivity index (χ1n) is 12.5. The van der Waals surface area contributed by atoms with E-state index in [2.05, 4.69) is 6.92 Å². The molecular weight excluding hydrogens is 490 g/mol. The maximum Gasteiger partial charge on any atom is 0.304 e. The lowest BCUT2D eigenvalue weighted by atomic mass is 9.86. The minimum atomic E-state index is -3.30. The summed E-state index contributed by atoms with van der Waals surface area (Å²) in [5.74, 6) is -0.105. The van der Waals surface area contributed by atoms with Crippen LogP contribution in [-0.2, 0) is 17.8 Å². The van der Waals surface area contributed by atoms with Crippen molar-refractivity contribution in [3.05, 3.63) is 89.0 Å². The van der Waals surface area contributed by atoms with Gasteiger partial charge >= 0.3 is 5.97 Å². The number of methoxy groups -OCH3 is 1. The fraction of sp³-hybridized carbons (Fsp3) is 0.345. The van der Waals surface area contributed by atoms with Gasteiger partial charge in [-0.25, -0.2) is 0 Å². The van der Waals surface area contributed by atoms with E-state index in [0.29, 0.717) is 29.5 Å². The van der Waals surface area contributed by atoms with Crippen LogP contribution in [0.15, 0.2) is 71.6 Å². The molecule has 0 fully saturated rings. The summed E-state index contributed by atoms with van der Waals surface area (Å²) in [7, 11) is -1.71. The van der Waals surface area contributed by atoms with Crippen LogP contribution in [0.1, 0.15) is 54.9 Å². The van der Waals surface area contributed by atoms with Crippen molar-refractivity contribution in [3.8, 4) is 11.5 Å². The van der Waals surface area contributed by atoms with E-state index >= 15 is 0 Å². The summed E-state index contributed by atoms with van der Waals surface area (Å²) in [5.41, 5.74) is 3.72. The number of carboxylic acid groups (broad SMARTS) is 1. The standard InChI is InChI=1S/C29H35NO6S/c1-4-20-13-14-22(26(17-29(31)32)21-9-8-10-25(16-21)35-3)15-23(20)18-30-19-24(5-2)36-27-11-6-7-12-28(27)37(30,33)34/h6-16,24,26,33-34H,4-5,17-19H2,1-3H3,(H,31,32). The molecule has 198 valence electrons. The summed E-state index contributed by atoms with van der Waals surface area (Å²) >= 11 is 0. The van der Waals surface area contributed by atoms with Gasteiger partial charge in [-0.15, -0.1) is 10.8 Å². The number of fused-ring (bicyclic) bond motifs is 1. The molecule has 0 bridgehead atoms. The van der Waals surface area contributed by atoms with Crippen LogP contribution in [0.2, 0.25) is 0 Å². The Hall–Kier alpha value is -3.04. The molecule has 0 radical (unpaired) electrons. The van der Waals surface area contributed by atoms with Gasteiger partial charge < -0.3 is 14.6 Å². The molecule has 1 aliphatic heterocycles. The predicted octanol–water partition coefficient (Wildman–Crippen LogP) is 6.56. The number of rotatable bonds is 9. The Morgan fingerprint density at radius 3 is 2.51 bits per heavy atom. The van der Waals surface area contributed by atoms with Crippen LogP contribution in [0.4, 0.5) is 0 Å². The van der Waals surface area contributed by atoms with Crippen LogP contribution < -0.4 is 9.47 Å². The molecule has 2 atom stereocenters. The Labute approximate surface area is 220 Å². The Morgan fingerprint density at radius 1 is 1.05 bits per heavy atom. The Kier molecular flexibility index (Phi) is 8.44. The van der Waals surface area contributed by atoms with Crippen molar-refractivity contribution in [2.45, 2.75) is 56.6 Å². The molecule has 3 aromatic rings. The summed E-state index contributed by atoms with van der Waals surface area (Å²) in [5, 5.41) is 9.70. The van der Waals surface area contributed by atoms with Gasteiger partial charge in [0.2, 0.25) is 0 Å². The van der Waals surface area contributed by atoms with E-state index in [9.17, 15) is 19.0 Å². The zero-order valence-electron chi connectivity index (χ0n) is 21.5. The molecule has 0 saturated heterocycles. The van der Waals surface area contributed by atoms with Crippen LogP contribution in [0, 0.1) is 0 Å². The van der Waals surface area contributed by atoms with Crippen molar-refractivity contribution in [2.75, 3.05) is 13.7 Å². The Morgan fingerprint density at radius 2 is 1.81 bits per heavy atom. The van der Waals surface area contributed by atoms with E-state index in [1.165, 1.54) is 0 Å². The van der Waals surface area contributed by atoms with Gasteiger partial charge in [-0.05, 0) is 59.4 Å². The fourth-order valence-electron chi connectivity index (χ4n) is 4.83. The lowest BCUT2D eigenvalue weighted by molar-refractivity contribution is -0.137. The minimum Gasteiger partial charge on any atom is -0.497 e. The highest BCUT2D eigenvalue weighted by atomic mass is 32.3. The van der Waals surface area contributed by atoms with Crippen molar-refractivity contribution in [2.24, 2.45) is 0 Å². The molecule has 0 spiro atoms. The molecule has 4 rings (SSSR count). The zero-order valence-corrected chi connectivity index (χ0v) is 22.3. The third-order valence-corrected chi connectivity index (χ3v) is 8.82. The smallest absolute Gasteiger partial charge is 0.304 e. The fourth-order valence-corrected chi connectivity index (χ4v) is 6.45. The quantitative estimate of drug-likeness (QED) is 0.291. The van der Waals surface area contributed by atoms with Crippen molar-refractivity contribution in [1.82, 2.24) is 4.31 Å². The zero-order chi connectivity index (χ0) is 26.6. The van der Waals surface area contributed by atoms with Crippen LogP contribution in [0.5, 0.6) is 11.5 Å². The van der Waals surface area contributed by atoms with Crippen LogP contribution >= 0.6 is 10.8 Å². The van der Waals surface area contributed by atoms with Gasteiger partial charge in [0.25, 0.3) is 0 Å². The maximum atomic E-state index is 11.8. The van der Waals surface area contributed by atoms with E-state index in [1.54, 1.807) is 29.6 Å². The van der Waals surface area contributed by atoms with E-state index in [4.69, 9.17) is 9.47 Å². The second-order valence-electron chi connectivity index (χ2n) is 9.24. The van der Waals surface area contributed by atoms with Gasteiger partial charge in [0.15, 0.2) is 0 Å². The minimum absolute atomic E-state index is 0.0733. The SMILES string of the molecule is CCc1ccc(C(CC(=O)O)c2cccc(OC)c2)cc1CN1CC(CC)Oc2ccccc2S1(O)O. The Bertz CT molecular complexity index is 1250. The first kappa shape index (κ1) is 27.0. The molecule has 3 N–H and O–H groups in total. The third kappa shape index (κ3) is 5.93. The second-order valence-corrected chi connectivity index (χ2v) is 11.2. The van der Waals surface area contributed by atoms with E-state index < -0.39 is 16.7 Å². The van der Waals surface area contributed by atoms with Crippen molar-refractivity contribution in [1.29, 1.82) is 0 Å². The van der Waals surface area contributed by atoms with E-state index in [-0.39, 0.29) is 18.4 Å². The summed E-state index contributed by atoms with van der Waals surface area (Å²) in [6.45, 7) is 4.73. The average Bonchev–Trinajstić information content (AvgIpc) is 3.01. The van der Waals surface area contributed by atoms with Gasteiger partial charge in [0, 0.05) is 12.5 Å². The summed E-state index contributed by atoms with van der Waals surface area (Å²) in [6, 6.07) is 20.6. The third-order valence-electron chi connectivity index (χ3n) is 6.90. The van der Waals surface area contributed by atoms with Crippen molar-refractivity contribution < 1.29 is 28.5 Å². The second kappa shape index (κ2) is 11.6. The molecule has 8 heteroatoms. The first-order chi connectivity index (χ1) is 17.8. The first-order valence-corrected chi connectivity index (χ1v) is 14.0.